The van der Waals surface area contributed by atoms with Gasteiger partial charge in [0, 0.05) is 48.6 Å². The summed E-state index contributed by atoms with van der Waals surface area (Å²) in [4.78, 5) is 17.8. The average Bonchev–Trinajstić information content (AvgIpc) is 3.57. The zero-order chi connectivity index (χ0) is 29.2. The number of fused-ring (bicyclic) bond motifs is 3. The minimum absolute atomic E-state index is 0.0175. The van der Waals surface area contributed by atoms with Crippen molar-refractivity contribution in [2.45, 2.75) is 56.3 Å². The van der Waals surface area contributed by atoms with E-state index in [9.17, 15) is 8.78 Å². The number of halogens is 4. The number of aromatic nitrogens is 3. The monoisotopic (exact) mass is 617 g/mol. The second-order valence-electron chi connectivity index (χ2n) is 11.6. The van der Waals surface area contributed by atoms with Crippen molar-refractivity contribution in [2.24, 2.45) is 5.73 Å². The molecule has 3 fully saturated rings. The van der Waals surface area contributed by atoms with Crippen LogP contribution in [0.15, 0.2) is 18.2 Å². The Balaban J connectivity index is 1.36. The first-order valence-corrected chi connectivity index (χ1v) is 15.5. The first-order valence-electron chi connectivity index (χ1n) is 14.3. The first-order chi connectivity index (χ1) is 20.2. The SMILES string of the molecule is Nc1nc2c(-c3c(Cl)cc4c(N5CCC[C@@H](N)CC5)nc(OC[C@@]56CCCN5C[C@H](F)C6)nc4c3F)ccc(F)c2s1. The second kappa shape index (κ2) is 10.7. The number of rotatable bonds is 5. The van der Waals surface area contributed by atoms with Crippen molar-refractivity contribution in [1.82, 2.24) is 19.9 Å². The molecule has 0 spiro atoms. The fraction of sp³-hybridized carbons (Fsp3) is 0.483. The molecule has 0 aliphatic carbocycles. The van der Waals surface area contributed by atoms with E-state index in [1.54, 1.807) is 6.07 Å². The van der Waals surface area contributed by atoms with E-state index in [2.05, 4.69) is 19.8 Å². The van der Waals surface area contributed by atoms with Crippen LogP contribution < -0.4 is 21.1 Å². The third-order valence-corrected chi connectivity index (χ3v) is 10.1. The Bertz CT molecular complexity index is 1690. The van der Waals surface area contributed by atoms with Crippen molar-refractivity contribution >= 4 is 55.0 Å². The van der Waals surface area contributed by atoms with Gasteiger partial charge in [0.25, 0.3) is 0 Å². The number of benzene rings is 2. The standard InChI is InChI=1S/C29H31ClF3N7OS/c30-19-11-18-23(22(33)21(19)17-4-5-20(32)25-24(17)36-27(35)42-25)37-28(38-26(18)39-8-1-3-16(34)6-10-39)41-14-29-7-2-9-40(29)13-15(31)12-29/h4-5,11,15-16H,1-3,6-10,12-14,34H2,(H2,35,36)/t15-,16-,29+/m1/s1. The van der Waals surface area contributed by atoms with Crippen molar-refractivity contribution in [3.63, 3.8) is 0 Å². The van der Waals surface area contributed by atoms with E-state index >= 15 is 4.39 Å². The van der Waals surface area contributed by atoms with Gasteiger partial charge < -0.3 is 21.1 Å². The van der Waals surface area contributed by atoms with Gasteiger partial charge in [-0.25, -0.2) is 18.2 Å². The molecule has 13 heteroatoms. The Labute approximate surface area is 249 Å². The summed E-state index contributed by atoms with van der Waals surface area (Å²) in [6.45, 7) is 2.74. The van der Waals surface area contributed by atoms with Gasteiger partial charge in [-0.3, -0.25) is 4.90 Å². The summed E-state index contributed by atoms with van der Waals surface area (Å²) in [5.74, 6) is -0.681. The van der Waals surface area contributed by atoms with Crippen LogP contribution in [0.4, 0.5) is 24.1 Å². The van der Waals surface area contributed by atoms with Crippen LogP contribution in [0, 0.1) is 11.6 Å². The van der Waals surface area contributed by atoms with Crippen LogP contribution in [0.25, 0.3) is 32.2 Å². The van der Waals surface area contributed by atoms with Crippen molar-refractivity contribution in [3.05, 3.63) is 34.9 Å². The minimum atomic E-state index is -0.905. The molecule has 0 unspecified atom stereocenters. The van der Waals surface area contributed by atoms with Gasteiger partial charge >= 0.3 is 6.01 Å². The normalized spacial score (nSPS) is 24.9. The number of thiazole rings is 1. The molecule has 5 heterocycles. The molecule has 42 heavy (non-hydrogen) atoms. The molecule has 4 aromatic rings. The van der Waals surface area contributed by atoms with Crippen molar-refractivity contribution in [3.8, 4) is 17.1 Å². The summed E-state index contributed by atoms with van der Waals surface area (Å²) >= 11 is 7.75. The summed E-state index contributed by atoms with van der Waals surface area (Å²) in [5, 5.41) is 0.714. The van der Waals surface area contributed by atoms with Gasteiger partial charge in [0.05, 0.1) is 20.8 Å². The number of ether oxygens (including phenoxy) is 1. The molecule has 8 nitrogen and oxygen atoms in total. The zero-order valence-corrected chi connectivity index (χ0v) is 24.5. The van der Waals surface area contributed by atoms with Gasteiger partial charge in [-0.15, -0.1) is 0 Å². The molecular weight excluding hydrogens is 587 g/mol. The number of nitrogen functional groups attached to an aromatic ring is 1. The van der Waals surface area contributed by atoms with Crippen LogP contribution in [0.2, 0.25) is 5.02 Å². The molecule has 4 N–H and O–H groups in total. The number of hydrogen-bond donors (Lipinski definition) is 2. The van der Waals surface area contributed by atoms with E-state index in [0.29, 0.717) is 42.8 Å². The summed E-state index contributed by atoms with van der Waals surface area (Å²) < 4.78 is 52.0. The lowest BCUT2D eigenvalue weighted by molar-refractivity contribution is 0.107. The third-order valence-electron chi connectivity index (χ3n) is 8.93. The highest BCUT2D eigenvalue weighted by atomic mass is 35.5. The lowest BCUT2D eigenvalue weighted by Crippen LogP contribution is -2.43. The molecule has 0 amide bonds. The molecule has 0 radical (unpaired) electrons. The smallest absolute Gasteiger partial charge is 0.319 e. The van der Waals surface area contributed by atoms with Crippen molar-refractivity contribution in [1.29, 1.82) is 0 Å². The number of alkyl halides is 1. The predicted molar refractivity (Wildman–Crippen MR) is 160 cm³/mol. The number of nitrogens with two attached hydrogens (primary N) is 2. The number of hydrogen-bond acceptors (Lipinski definition) is 9. The highest BCUT2D eigenvalue weighted by Gasteiger charge is 2.49. The van der Waals surface area contributed by atoms with Crippen molar-refractivity contribution < 1.29 is 17.9 Å². The van der Waals surface area contributed by atoms with Crippen LogP contribution in [0.5, 0.6) is 6.01 Å². The van der Waals surface area contributed by atoms with Gasteiger partial charge in [0.15, 0.2) is 10.9 Å². The maximum absolute atomic E-state index is 16.7. The molecule has 222 valence electrons. The van der Waals surface area contributed by atoms with Crippen LogP contribution >= 0.6 is 22.9 Å². The van der Waals surface area contributed by atoms with E-state index in [1.165, 1.54) is 12.1 Å². The lowest BCUT2D eigenvalue weighted by Gasteiger charge is -2.31. The molecule has 7 rings (SSSR count). The second-order valence-corrected chi connectivity index (χ2v) is 13.1. The zero-order valence-electron chi connectivity index (χ0n) is 22.9. The Morgan fingerprint density at radius 1 is 1.10 bits per heavy atom. The van der Waals surface area contributed by atoms with E-state index in [-0.39, 0.29) is 50.1 Å². The van der Waals surface area contributed by atoms with Gasteiger partial charge in [0.1, 0.15) is 29.9 Å². The largest absolute Gasteiger partial charge is 0.461 e. The maximum atomic E-state index is 16.7. The molecule has 2 aromatic heterocycles. The van der Waals surface area contributed by atoms with Crippen LogP contribution in [-0.4, -0.2) is 70.4 Å². The lowest BCUT2D eigenvalue weighted by atomic mass is 9.95. The fourth-order valence-electron chi connectivity index (χ4n) is 6.89. The Kier molecular flexibility index (Phi) is 7.07. The quantitative estimate of drug-likeness (QED) is 0.294. The molecule has 0 bridgehead atoms. The molecule has 3 aliphatic rings. The third kappa shape index (κ3) is 4.72. The summed E-state index contributed by atoms with van der Waals surface area (Å²) in [6.07, 6.45) is 3.76. The predicted octanol–water partition coefficient (Wildman–Crippen LogP) is 5.69. The first kappa shape index (κ1) is 27.9. The van der Waals surface area contributed by atoms with Crippen molar-refractivity contribution in [2.75, 3.05) is 43.4 Å². The fourth-order valence-corrected chi connectivity index (χ4v) is 7.95. The minimum Gasteiger partial charge on any atom is -0.461 e. The van der Waals surface area contributed by atoms with E-state index in [0.717, 1.165) is 50.0 Å². The summed E-state index contributed by atoms with van der Waals surface area (Å²) in [6, 6.07) is 4.43. The van der Waals surface area contributed by atoms with Crippen LogP contribution in [-0.2, 0) is 0 Å². The van der Waals surface area contributed by atoms with E-state index < -0.39 is 23.3 Å². The van der Waals surface area contributed by atoms with Gasteiger partial charge in [-0.1, -0.05) is 22.9 Å². The summed E-state index contributed by atoms with van der Waals surface area (Å²) in [5.41, 5.74) is 12.3. The van der Waals surface area contributed by atoms with Gasteiger partial charge in [-0.2, -0.15) is 9.97 Å². The van der Waals surface area contributed by atoms with Gasteiger partial charge in [-0.05, 0) is 56.8 Å². The summed E-state index contributed by atoms with van der Waals surface area (Å²) in [7, 11) is 0. The Morgan fingerprint density at radius 2 is 1.95 bits per heavy atom. The Morgan fingerprint density at radius 3 is 2.81 bits per heavy atom. The van der Waals surface area contributed by atoms with E-state index in [4.69, 9.17) is 32.8 Å². The molecule has 3 atom stereocenters. The molecule has 3 aliphatic heterocycles. The van der Waals surface area contributed by atoms with Crippen LogP contribution in [0.3, 0.4) is 0 Å². The number of nitrogens with zero attached hydrogens (tertiary/aromatic N) is 5. The average molecular weight is 618 g/mol. The molecule has 3 saturated heterocycles. The highest BCUT2D eigenvalue weighted by Crippen LogP contribution is 2.44. The molecular formula is C29H31ClF3N7OS. The maximum Gasteiger partial charge on any atom is 0.319 e. The Hall–Kier alpha value is -2.93. The van der Waals surface area contributed by atoms with Gasteiger partial charge in [0.2, 0.25) is 0 Å². The topological polar surface area (TPSA) is 106 Å². The highest BCUT2D eigenvalue weighted by molar-refractivity contribution is 7.22. The molecule has 2 aromatic carbocycles. The number of anilines is 2. The van der Waals surface area contributed by atoms with Crippen LogP contribution in [0.1, 0.15) is 38.5 Å². The van der Waals surface area contributed by atoms with E-state index in [1.807, 2.05) is 0 Å². The molecule has 0 saturated carbocycles.